The fourth-order valence-electron chi connectivity index (χ4n) is 2.07. The molecule has 134 valence electrons. The van der Waals surface area contributed by atoms with E-state index >= 15 is 0 Å². The van der Waals surface area contributed by atoms with Crippen LogP contribution in [0, 0.1) is 15.9 Å². The molecule has 0 atom stereocenters. The molecule has 0 radical (unpaired) electrons. The highest BCUT2D eigenvalue weighted by Crippen LogP contribution is 2.13. The van der Waals surface area contributed by atoms with Crippen molar-refractivity contribution >= 4 is 23.2 Å². The molecule has 2 aromatic carbocycles. The molecule has 2 rings (SSSR count). The summed E-state index contributed by atoms with van der Waals surface area (Å²) in [5.41, 5.74) is 0.296. The predicted molar refractivity (Wildman–Crippen MR) is 88.4 cm³/mol. The maximum atomic E-state index is 12.8. The molecular formula is C18H14FNO6. The van der Waals surface area contributed by atoms with Gasteiger partial charge in [-0.3, -0.25) is 24.5 Å². The maximum absolute atomic E-state index is 12.8. The van der Waals surface area contributed by atoms with Crippen molar-refractivity contribution in [2.75, 3.05) is 6.61 Å². The quantitative estimate of drug-likeness (QED) is 0.310. The van der Waals surface area contributed by atoms with Crippen molar-refractivity contribution in [2.45, 2.75) is 12.8 Å². The Morgan fingerprint density at radius 2 is 1.42 bits per heavy atom. The summed E-state index contributed by atoms with van der Waals surface area (Å²) in [7, 11) is 0. The zero-order valence-corrected chi connectivity index (χ0v) is 13.5. The summed E-state index contributed by atoms with van der Waals surface area (Å²) in [6, 6.07) is 9.83. The SMILES string of the molecule is O=C(CCC(=O)c1ccc(F)cc1)OCC(=O)c1ccc([N+](=O)[O-])cc1. The fourth-order valence-corrected chi connectivity index (χ4v) is 2.07. The summed E-state index contributed by atoms with van der Waals surface area (Å²) >= 11 is 0. The predicted octanol–water partition coefficient (Wildman–Crippen LogP) is 3.12. The number of carbonyl (C=O) groups is 3. The maximum Gasteiger partial charge on any atom is 0.306 e. The molecule has 0 aromatic heterocycles. The van der Waals surface area contributed by atoms with Gasteiger partial charge in [0.25, 0.3) is 5.69 Å². The number of esters is 1. The minimum absolute atomic E-state index is 0.129. The summed E-state index contributed by atoms with van der Waals surface area (Å²) in [6.45, 7) is -0.526. The van der Waals surface area contributed by atoms with E-state index in [1.54, 1.807) is 0 Å². The first-order valence-corrected chi connectivity index (χ1v) is 7.59. The van der Waals surface area contributed by atoms with Gasteiger partial charge in [0, 0.05) is 29.7 Å². The van der Waals surface area contributed by atoms with Crippen LogP contribution in [-0.4, -0.2) is 29.1 Å². The van der Waals surface area contributed by atoms with Gasteiger partial charge in [0.15, 0.2) is 18.2 Å². The van der Waals surface area contributed by atoms with Crippen LogP contribution in [0.2, 0.25) is 0 Å². The molecule has 0 heterocycles. The number of ketones is 2. The van der Waals surface area contributed by atoms with Crippen LogP contribution in [0.1, 0.15) is 33.6 Å². The molecule has 8 heteroatoms. The van der Waals surface area contributed by atoms with Gasteiger partial charge in [-0.15, -0.1) is 0 Å². The number of nitrogens with zero attached hydrogens (tertiary/aromatic N) is 1. The van der Waals surface area contributed by atoms with Crippen molar-refractivity contribution < 1.29 is 28.4 Å². The Bertz CT molecular complexity index is 830. The van der Waals surface area contributed by atoms with Gasteiger partial charge in [0.1, 0.15) is 5.82 Å². The highest BCUT2D eigenvalue weighted by Gasteiger charge is 2.14. The number of carbonyl (C=O) groups excluding carboxylic acids is 3. The Hall–Kier alpha value is -3.42. The number of hydrogen-bond donors (Lipinski definition) is 0. The second kappa shape index (κ2) is 8.61. The Morgan fingerprint density at radius 3 is 2.00 bits per heavy atom. The number of hydrogen-bond acceptors (Lipinski definition) is 6. The largest absolute Gasteiger partial charge is 0.457 e. The molecule has 2 aromatic rings. The van der Waals surface area contributed by atoms with Crippen LogP contribution in [0.25, 0.3) is 0 Å². The van der Waals surface area contributed by atoms with Crippen LogP contribution in [-0.2, 0) is 9.53 Å². The van der Waals surface area contributed by atoms with E-state index in [9.17, 15) is 28.9 Å². The zero-order chi connectivity index (χ0) is 19.1. The molecule has 0 fully saturated rings. The van der Waals surface area contributed by atoms with Crippen LogP contribution >= 0.6 is 0 Å². The number of halogens is 1. The number of benzene rings is 2. The van der Waals surface area contributed by atoms with E-state index in [0.29, 0.717) is 0 Å². The number of nitro benzene ring substituents is 1. The Labute approximate surface area is 147 Å². The normalized spacial score (nSPS) is 10.2. The molecule has 7 nitrogen and oxygen atoms in total. The molecule has 0 spiro atoms. The summed E-state index contributed by atoms with van der Waals surface area (Å²) in [4.78, 5) is 45.3. The van der Waals surface area contributed by atoms with Gasteiger partial charge in [-0.2, -0.15) is 0 Å². The minimum Gasteiger partial charge on any atom is -0.457 e. The van der Waals surface area contributed by atoms with E-state index in [-0.39, 0.29) is 35.4 Å². The summed E-state index contributed by atoms with van der Waals surface area (Å²) < 4.78 is 17.6. The third kappa shape index (κ3) is 5.30. The molecule has 0 bridgehead atoms. The monoisotopic (exact) mass is 359 g/mol. The molecule has 0 amide bonds. The Morgan fingerprint density at radius 1 is 0.885 bits per heavy atom. The molecule has 0 N–H and O–H groups in total. The van der Waals surface area contributed by atoms with Crippen molar-refractivity contribution in [3.05, 3.63) is 75.6 Å². The number of non-ortho nitro benzene ring substituents is 1. The Balaban J connectivity index is 1.79. The first kappa shape index (κ1) is 18.9. The van der Waals surface area contributed by atoms with E-state index in [1.807, 2.05) is 0 Å². The Kier molecular flexibility index (Phi) is 6.26. The van der Waals surface area contributed by atoms with Crippen molar-refractivity contribution in [3.8, 4) is 0 Å². The average molecular weight is 359 g/mol. The van der Waals surface area contributed by atoms with Gasteiger partial charge in [0.2, 0.25) is 0 Å². The minimum atomic E-state index is -0.726. The van der Waals surface area contributed by atoms with Gasteiger partial charge in [-0.25, -0.2) is 4.39 Å². The lowest BCUT2D eigenvalue weighted by Gasteiger charge is -2.04. The van der Waals surface area contributed by atoms with Crippen molar-refractivity contribution in [1.29, 1.82) is 0 Å². The number of Topliss-reactive ketones (excluding diaryl/α,β-unsaturated/α-hetero) is 2. The number of nitro groups is 1. The molecule has 0 unspecified atom stereocenters. The first-order chi connectivity index (χ1) is 12.4. The van der Waals surface area contributed by atoms with Crippen LogP contribution in [0.3, 0.4) is 0 Å². The molecule has 0 saturated carbocycles. The lowest BCUT2D eigenvalue weighted by molar-refractivity contribution is -0.384. The molecule has 0 aliphatic rings. The third-order valence-corrected chi connectivity index (χ3v) is 3.49. The molecule has 26 heavy (non-hydrogen) atoms. The molecule has 0 saturated heterocycles. The lowest BCUT2D eigenvalue weighted by atomic mass is 10.1. The zero-order valence-electron chi connectivity index (χ0n) is 13.5. The van der Waals surface area contributed by atoms with E-state index < -0.39 is 29.1 Å². The molecular weight excluding hydrogens is 345 g/mol. The highest BCUT2D eigenvalue weighted by molar-refractivity contribution is 5.99. The van der Waals surface area contributed by atoms with Crippen molar-refractivity contribution in [2.24, 2.45) is 0 Å². The number of ether oxygens (including phenoxy) is 1. The van der Waals surface area contributed by atoms with Crippen molar-refractivity contribution in [3.63, 3.8) is 0 Å². The van der Waals surface area contributed by atoms with Gasteiger partial charge >= 0.3 is 5.97 Å². The summed E-state index contributed by atoms with van der Waals surface area (Å²) in [5, 5.41) is 10.5. The van der Waals surface area contributed by atoms with Crippen LogP contribution < -0.4 is 0 Å². The van der Waals surface area contributed by atoms with Crippen LogP contribution in [0.4, 0.5) is 10.1 Å². The van der Waals surface area contributed by atoms with Gasteiger partial charge < -0.3 is 4.74 Å². The number of rotatable bonds is 8. The second-order valence-corrected chi connectivity index (χ2v) is 5.32. The molecule has 0 aliphatic heterocycles. The van der Waals surface area contributed by atoms with E-state index in [1.165, 1.54) is 36.4 Å². The lowest BCUT2D eigenvalue weighted by Crippen LogP contribution is -2.15. The van der Waals surface area contributed by atoms with Gasteiger partial charge in [-0.1, -0.05) is 0 Å². The first-order valence-electron chi connectivity index (χ1n) is 7.59. The average Bonchev–Trinajstić information content (AvgIpc) is 2.64. The topological polar surface area (TPSA) is 104 Å². The smallest absolute Gasteiger partial charge is 0.306 e. The van der Waals surface area contributed by atoms with E-state index in [0.717, 1.165) is 12.1 Å². The summed E-state index contributed by atoms with van der Waals surface area (Å²) in [6.07, 6.45) is -0.347. The highest BCUT2D eigenvalue weighted by atomic mass is 19.1. The second-order valence-electron chi connectivity index (χ2n) is 5.32. The van der Waals surface area contributed by atoms with Crippen LogP contribution in [0.15, 0.2) is 48.5 Å². The van der Waals surface area contributed by atoms with Crippen LogP contribution in [0.5, 0.6) is 0 Å². The standard InChI is InChI=1S/C18H14FNO6/c19-14-5-1-12(2-6-14)16(21)9-10-18(23)26-11-17(22)13-3-7-15(8-4-13)20(24)25/h1-8H,9-11H2. The molecule has 0 aliphatic carbocycles. The van der Waals surface area contributed by atoms with E-state index in [4.69, 9.17) is 4.74 Å². The third-order valence-electron chi connectivity index (χ3n) is 3.49. The van der Waals surface area contributed by atoms with E-state index in [2.05, 4.69) is 0 Å². The van der Waals surface area contributed by atoms with Gasteiger partial charge in [0.05, 0.1) is 11.3 Å². The van der Waals surface area contributed by atoms with Crippen molar-refractivity contribution in [1.82, 2.24) is 0 Å². The summed E-state index contributed by atoms with van der Waals surface area (Å²) in [5.74, 6) is -2.05. The fraction of sp³-hybridized carbons (Fsp3) is 0.167. The van der Waals surface area contributed by atoms with Gasteiger partial charge in [-0.05, 0) is 36.4 Å².